The Morgan fingerprint density at radius 2 is 1.23 bits per heavy atom. The molecular weight excluding hydrogens is 264 g/mol. The molecule has 0 saturated heterocycles. The Morgan fingerprint density at radius 1 is 0.636 bits per heavy atom. The molecular formula is C22H38. The number of hydrogen-bond donors (Lipinski definition) is 0. The van der Waals surface area contributed by atoms with E-state index in [9.17, 15) is 0 Å². The van der Waals surface area contributed by atoms with E-state index in [0.29, 0.717) is 0 Å². The normalized spacial score (nSPS) is 29.4. The average Bonchev–Trinajstić information content (AvgIpc) is 2.56. The zero-order chi connectivity index (χ0) is 15.0. The molecule has 0 radical (unpaired) electrons. The smallest absolute Gasteiger partial charge is 0.0322 e. The lowest BCUT2D eigenvalue weighted by atomic mass is 9.66. The summed E-state index contributed by atoms with van der Waals surface area (Å²) in [5, 5.41) is 0. The summed E-state index contributed by atoms with van der Waals surface area (Å²) in [6.45, 7) is 0. The van der Waals surface area contributed by atoms with Gasteiger partial charge in [-0.3, -0.25) is 0 Å². The number of allylic oxidation sites excluding steroid dienone is 2. The van der Waals surface area contributed by atoms with Gasteiger partial charge < -0.3 is 0 Å². The summed E-state index contributed by atoms with van der Waals surface area (Å²) in [7, 11) is 0. The van der Waals surface area contributed by atoms with Gasteiger partial charge in [-0.05, 0) is 49.4 Å². The Hall–Kier alpha value is -0.260. The van der Waals surface area contributed by atoms with Crippen LogP contribution in [-0.2, 0) is 0 Å². The van der Waals surface area contributed by atoms with Crippen LogP contribution in [0.1, 0.15) is 103 Å². The first-order chi connectivity index (χ1) is 10.9. The minimum atomic E-state index is 1.01. The summed E-state index contributed by atoms with van der Waals surface area (Å²) in [6, 6.07) is 0. The second kappa shape index (κ2) is 9.14. The quantitative estimate of drug-likeness (QED) is 0.478. The van der Waals surface area contributed by atoms with Crippen molar-refractivity contribution in [1.82, 2.24) is 0 Å². The summed E-state index contributed by atoms with van der Waals surface area (Å²) in [5.41, 5.74) is 0. The van der Waals surface area contributed by atoms with Gasteiger partial charge in [-0.15, -0.1) is 0 Å². The third kappa shape index (κ3) is 4.87. The van der Waals surface area contributed by atoms with Crippen molar-refractivity contribution in [3.05, 3.63) is 12.2 Å². The van der Waals surface area contributed by atoms with Gasteiger partial charge in [0.15, 0.2) is 0 Å². The van der Waals surface area contributed by atoms with Gasteiger partial charge in [-0.2, -0.15) is 0 Å². The van der Waals surface area contributed by atoms with E-state index in [-0.39, 0.29) is 0 Å². The summed E-state index contributed by atoms with van der Waals surface area (Å²) >= 11 is 0. The largest absolute Gasteiger partial charge is 0.0885 e. The summed E-state index contributed by atoms with van der Waals surface area (Å²) in [6.07, 6.45) is 29.1. The zero-order valence-electron chi connectivity index (χ0n) is 14.8. The molecule has 0 aliphatic heterocycles. The molecule has 0 nitrogen and oxygen atoms in total. The van der Waals surface area contributed by atoms with Crippen LogP contribution in [0.2, 0.25) is 0 Å². The molecule has 0 aromatic heterocycles. The van der Waals surface area contributed by atoms with Crippen molar-refractivity contribution in [3.63, 3.8) is 0 Å². The monoisotopic (exact) mass is 302 g/mol. The molecule has 0 N–H and O–H groups in total. The van der Waals surface area contributed by atoms with Gasteiger partial charge in [-0.1, -0.05) is 89.2 Å². The predicted octanol–water partition coefficient (Wildman–Crippen LogP) is 7.29. The highest BCUT2D eigenvalue weighted by Gasteiger charge is 2.32. The first-order valence-corrected chi connectivity index (χ1v) is 10.6. The minimum absolute atomic E-state index is 1.01. The second-order valence-electron chi connectivity index (χ2n) is 8.55. The highest BCUT2D eigenvalue weighted by Crippen LogP contribution is 2.44. The third-order valence-electron chi connectivity index (χ3n) is 6.99. The van der Waals surface area contributed by atoms with E-state index in [1.165, 1.54) is 70.6 Å². The molecule has 1 unspecified atom stereocenters. The van der Waals surface area contributed by atoms with E-state index >= 15 is 0 Å². The maximum Gasteiger partial charge on any atom is -0.0322 e. The second-order valence-corrected chi connectivity index (χ2v) is 8.55. The molecule has 3 aliphatic rings. The highest BCUT2D eigenvalue weighted by atomic mass is 14.4. The first kappa shape index (κ1) is 16.6. The van der Waals surface area contributed by atoms with E-state index in [0.717, 1.165) is 23.7 Å². The zero-order valence-corrected chi connectivity index (χ0v) is 14.8. The molecule has 22 heavy (non-hydrogen) atoms. The van der Waals surface area contributed by atoms with Crippen LogP contribution in [-0.4, -0.2) is 0 Å². The Bertz CT molecular complexity index is 299. The number of hydrogen-bond acceptors (Lipinski definition) is 0. The van der Waals surface area contributed by atoms with Crippen LogP contribution in [0.25, 0.3) is 0 Å². The Kier molecular flexibility index (Phi) is 6.89. The molecule has 126 valence electrons. The maximum atomic E-state index is 2.52. The Morgan fingerprint density at radius 3 is 1.86 bits per heavy atom. The van der Waals surface area contributed by atoms with Crippen LogP contribution >= 0.6 is 0 Å². The van der Waals surface area contributed by atoms with Gasteiger partial charge in [0.2, 0.25) is 0 Å². The van der Waals surface area contributed by atoms with Crippen LogP contribution < -0.4 is 0 Å². The molecule has 0 amide bonds. The first-order valence-electron chi connectivity index (χ1n) is 10.6. The topological polar surface area (TPSA) is 0 Å². The van der Waals surface area contributed by atoms with Crippen molar-refractivity contribution >= 4 is 0 Å². The molecule has 0 heteroatoms. The van der Waals surface area contributed by atoms with Crippen molar-refractivity contribution < 1.29 is 0 Å². The van der Waals surface area contributed by atoms with E-state index in [2.05, 4.69) is 12.2 Å². The summed E-state index contributed by atoms with van der Waals surface area (Å²) < 4.78 is 0. The lowest BCUT2D eigenvalue weighted by molar-refractivity contribution is 0.114. The maximum absolute atomic E-state index is 2.52. The van der Waals surface area contributed by atoms with Crippen molar-refractivity contribution in [2.45, 2.75) is 103 Å². The van der Waals surface area contributed by atoms with E-state index in [1.54, 1.807) is 32.1 Å². The molecule has 0 spiro atoms. The van der Waals surface area contributed by atoms with E-state index < -0.39 is 0 Å². The molecule has 3 rings (SSSR count). The third-order valence-corrected chi connectivity index (χ3v) is 6.99. The van der Waals surface area contributed by atoms with Crippen molar-refractivity contribution in [3.8, 4) is 0 Å². The highest BCUT2D eigenvalue weighted by molar-refractivity contribution is 4.89. The van der Waals surface area contributed by atoms with Gasteiger partial charge in [0.1, 0.15) is 0 Å². The standard InChI is InChI=1S/C22H38/c1-2-6-12-19(13-7-3-1)18-22(20-14-8-4-9-15-20)21-16-10-5-11-17-21/h2,6,19-22H,1,3-5,7-18H2. The number of rotatable bonds is 4. The van der Waals surface area contributed by atoms with Crippen molar-refractivity contribution in [2.75, 3.05) is 0 Å². The minimum Gasteiger partial charge on any atom is -0.0885 e. The van der Waals surface area contributed by atoms with Crippen LogP contribution in [0.5, 0.6) is 0 Å². The van der Waals surface area contributed by atoms with Crippen LogP contribution in [0, 0.1) is 23.7 Å². The van der Waals surface area contributed by atoms with Gasteiger partial charge >= 0.3 is 0 Å². The molecule has 1 atom stereocenters. The van der Waals surface area contributed by atoms with Gasteiger partial charge in [0.25, 0.3) is 0 Å². The van der Waals surface area contributed by atoms with Crippen molar-refractivity contribution in [1.29, 1.82) is 0 Å². The average molecular weight is 303 g/mol. The van der Waals surface area contributed by atoms with Gasteiger partial charge in [0, 0.05) is 0 Å². The van der Waals surface area contributed by atoms with Crippen molar-refractivity contribution in [2.24, 2.45) is 23.7 Å². The summed E-state index contributed by atoms with van der Waals surface area (Å²) in [4.78, 5) is 0. The van der Waals surface area contributed by atoms with Crippen LogP contribution in [0.4, 0.5) is 0 Å². The fourth-order valence-corrected chi connectivity index (χ4v) is 5.71. The SMILES string of the molecule is C1=CCC(CC(C2CCCCC2)C2CCCCC2)CCCC1. The molecule has 0 heterocycles. The molecule has 2 fully saturated rings. The Labute approximate surface area is 139 Å². The lowest BCUT2D eigenvalue weighted by Crippen LogP contribution is -2.29. The summed E-state index contributed by atoms with van der Waals surface area (Å²) in [5.74, 6) is 4.27. The fraction of sp³-hybridized carbons (Fsp3) is 0.909. The van der Waals surface area contributed by atoms with E-state index in [1.807, 2.05) is 0 Å². The molecule has 3 aliphatic carbocycles. The predicted molar refractivity (Wildman–Crippen MR) is 97.0 cm³/mol. The molecule has 0 bridgehead atoms. The van der Waals surface area contributed by atoms with Gasteiger partial charge in [-0.25, -0.2) is 0 Å². The fourth-order valence-electron chi connectivity index (χ4n) is 5.71. The van der Waals surface area contributed by atoms with Crippen LogP contribution in [0.3, 0.4) is 0 Å². The molecule has 0 aromatic carbocycles. The van der Waals surface area contributed by atoms with Gasteiger partial charge in [0.05, 0.1) is 0 Å². The molecule has 0 aromatic rings. The lowest BCUT2D eigenvalue weighted by Gasteiger charge is -2.40. The van der Waals surface area contributed by atoms with E-state index in [4.69, 9.17) is 0 Å². The Balaban J connectivity index is 1.63. The van der Waals surface area contributed by atoms with Crippen LogP contribution in [0.15, 0.2) is 12.2 Å². The molecule has 2 saturated carbocycles.